The van der Waals surface area contributed by atoms with Gasteiger partial charge in [-0.15, -0.1) is 0 Å². The lowest BCUT2D eigenvalue weighted by Gasteiger charge is -2.29. The number of nitrogens with zero attached hydrogens (tertiary/aromatic N) is 1. The van der Waals surface area contributed by atoms with Gasteiger partial charge in [0.1, 0.15) is 0 Å². The Balaban J connectivity index is 1.77. The summed E-state index contributed by atoms with van der Waals surface area (Å²) in [5.74, 6) is -1.03. The van der Waals surface area contributed by atoms with E-state index in [1.54, 1.807) is 6.07 Å². The normalized spacial score (nSPS) is 23.7. The first-order chi connectivity index (χ1) is 11.1. The highest BCUT2D eigenvalue weighted by molar-refractivity contribution is 5.74. The summed E-state index contributed by atoms with van der Waals surface area (Å²) in [5.41, 5.74) is 2.28. The Bertz CT molecular complexity index is 650. The van der Waals surface area contributed by atoms with Gasteiger partial charge < -0.3 is 15.2 Å². The first kappa shape index (κ1) is 15.8. The van der Waals surface area contributed by atoms with Crippen LogP contribution in [0.4, 0.5) is 17.1 Å². The Morgan fingerprint density at radius 1 is 1.17 bits per heavy atom. The van der Waals surface area contributed by atoms with E-state index in [4.69, 9.17) is 4.74 Å². The Kier molecular flexibility index (Phi) is 4.52. The summed E-state index contributed by atoms with van der Waals surface area (Å²) in [6.07, 6.45) is 0.512. The minimum absolute atomic E-state index is 0.00478. The standard InChI is InChI=1S/C18H22N2O3/c1-14-11-18(21,23-12-14)13-20(22)17-10-6-5-9-16(17)19-15-7-3-2-4-8-15/h2-10,14,19,21-22H,11-13H2,1H3. The van der Waals surface area contributed by atoms with Gasteiger partial charge in [-0.2, -0.15) is 0 Å². The van der Waals surface area contributed by atoms with Crippen LogP contribution in [0.1, 0.15) is 13.3 Å². The van der Waals surface area contributed by atoms with Crippen molar-refractivity contribution in [1.82, 2.24) is 0 Å². The quantitative estimate of drug-likeness (QED) is 0.739. The summed E-state index contributed by atoms with van der Waals surface area (Å²) in [4.78, 5) is 0. The van der Waals surface area contributed by atoms with Crippen LogP contribution in [0.25, 0.3) is 0 Å². The van der Waals surface area contributed by atoms with Gasteiger partial charge in [0.05, 0.1) is 24.5 Å². The maximum atomic E-state index is 10.4. The minimum Gasteiger partial charge on any atom is -0.364 e. The largest absolute Gasteiger partial charge is 0.364 e. The molecule has 2 unspecified atom stereocenters. The summed E-state index contributed by atoms with van der Waals surface area (Å²) >= 11 is 0. The van der Waals surface area contributed by atoms with E-state index in [1.165, 1.54) is 0 Å². The van der Waals surface area contributed by atoms with Gasteiger partial charge in [0.25, 0.3) is 0 Å². The number of anilines is 3. The molecule has 0 aliphatic carbocycles. The lowest BCUT2D eigenvalue weighted by Crippen LogP contribution is -2.41. The van der Waals surface area contributed by atoms with Crippen LogP contribution in [0.15, 0.2) is 54.6 Å². The number of nitrogens with one attached hydrogen (secondary N) is 1. The van der Waals surface area contributed by atoms with Crippen LogP contribution >= 0.6 is 0 Å². The van der Waals surface area contributed by atoms with Crippen LogP contribution in [-0.2, 0) is 4.74 Å². The summed E-state index contributed by atoms with van der Waals surface area (Å²) in [7, 11) is 0. The third kappa shape index (κ3) is 3.82. The minimum atomic E-state index is -1.31. The Morgan fingerprint density at radius 3 is 2.57 bits per heavy atom. The van der Waals surface area contributed by atoms with E-state index in [0.717, 1.165) is 16.4 Å². The van der Waals surface area contributed by atoms with Crippen LogP contribution in [0, 0.1) is 5.92 Å². The Labute approximate surface area is 136 Å². The predicted octanol–water partition coefficient (Wildman–Crippen LogP) is 3.37. The van der Waals surface area contributed by atoms with Crippen molar-refractivity contribution in [1.29, 1.82) is 0 Å². The first-order valence-corrected chi connectivity index (χ1v) is 7.80. The van der Waals surface area contributed by atoms with Crippen molar-refractivity contribution in [2.45, 2.75) is 19.1 Å². The average molecular weight is 314 g/mol. The molecule has 0 bridgehead atoms. The molecular formula is C18H22N2O3. The smallest absolute Gasteiger partial charge is 0.186 e. The van der Waals surface area contributed by atoms with E-state index in [2.05, 4.69) is 5.32 Å². The Hall–Kier alpha value is -2.08. The number of hydroxylamine groups is 1. The first-order valence-electron chi connectivity index (χ1n) is 7.80. The molecule has 1 aliphatic heterocycles. The molecule has 0 amide bonds. The lowest BCUT2D eigenvalue weighted by atomic mass is 10.1. The van der Waals surface area contributed by atoms with E-state index >= 15 is 0 Å². The van der Waals surface area contributed by atoms with Gasteiger partial charge in [0, 0.05) is 12.1 Å². The summed E-state index contributed by atoms with van der Waals surface area (Å²) in [6, 6.07) is 17.2. The van der Waals surface area contributed by atoms with Crippen molar-refractivity contribution in [2.24, 2.45) is 5.92 Å². The molecule has 0 spiro atoms. The molecule has 3 N–H and O–H groups in total. The Morgan fingerprint density at radius 2 is 1.87 bits per heavy atom. The molecule has 0 saturated carbocycles. The molecule has 5 nitrogen and oxygen atoms in total. The fourth-order valence-corrected chi connectivity index (χ4v) is 2.87. The number of benzene rings is 2. The third-order valence-electron chi connectivity index (χ3n) is 3.94. The van der Waals surface area contributed by atoms with Crippen molar-refractivity contribution >= 4 is 17.1 Å². The van der Waals surface area contributed by atoms with Crippen molar-refractivity contribution in [3.05, 3.63) is 54.6 Å². The highest BCUT2D eigenvalue weighted by Gasteiger charge is 2.38. The van der Waals surface area contributed by atoms with E-state index in [-0.39, 0.29) is 12.5 Å². The van der Waals surface area contributed by atoms with Gasteiger partial charge in [0.2, 0.25) is 0 Å². The fraction of sp³-hybridized carbons (Fsp3) is 0.333. The van der Waals surface area contributed by atoms with Gasteiger partial charge in [-0.25, -0.2) is 5.06 Å². The molecule has 0 aromatic heterocycles. The van der Waals surface area contributed by atoms with Crippen LogP contribution in [-0.4, -0.2) is 29.3 Å². The molecule has 5 heteroatoms. The molecule has 1 fully saturated rings. The number of hydrogen-bond donors (Lipinski definition) is 3. The summed E-state index contributed by atoms with van der Waals surface area (Å²) < 4.78 is 5.44. The van der Waals surface area contributed by atoms with E-state index in [0.29, 0.717) is 18.7 Å². The number of aliphatic hydroxyl groups is 1. The zero-order valence-electron chi connectivity index (χ0n) is 13.1. The zero-order valence-corrected chi connectivity index (χ0v) is 13.1. The molecule has 23 heavy (non-hydrogen) atoms. The van der Waals surface area contributed by atoms with Gasteiger partial charge in [-0.1, -0.05) is 37.3 Å². The van der Waals surface area contributed by atoms with Gasteiger partial charge >= 0.3 is 0 Å². The molecule has 2 aromatic carbocycles. The highest BCUT2D eigenvalue weighted by Crippen LogP contribution is 2.32. The van der Waals surface area contributed by atoms with Crippen LogP contribution in [0.3, 0.4) is 0 Å². The van der Waals surface area contributed by atoms with Crippen molar-refractivity contribution in [3.63, 3.8) is 0 Å². The van der Waals surface area contributed by atoms with Crippen molar-refractivity contribution in [3.8, 4) is 0 Å². The monoisotopic (exact) mass is 314 g/mol. The SMILES string of the molecule is CC1COC(O)(CN(O)c2ccccc2Nc2ccccc2)C1. The van der Waals surface area contributed by atoms with E-state index < -0.39 is 5.79 Å². The maximum absolute atomic E-state index is 10.4. The lowest BCUT2D eigenvalue weighted by molar-refractivity contribution is -0.169. The molecule has 1 aliphatic rings. The third-order valence-corrected chi connectivity index (χ3v) is 3.94. The van der Waals surface area contributed by atoms with E-state index in [9.17, 15) is 10.3 Å². The topological polar surface area (TPSA) is 65.0 Å². The van der Waals surface area contributed by atoms with Gasteiger partial charge in [-0.3, -0.25) is 5.21 Å². The summed E-state index contributed by atoms with van der Waals surface area (Å²) in [6.45, 7) is 2.53. The highest BCUT2D eigenvalue weighted by atomic mass is 16.6. The molecule has 2 atom stereocenters. The average Bonchev–Trinajstić information content (AvgIpc) is 2.87. The molecule has 0 radical (unpaired) electrons. The van der Waals surface area contributed by atoms with Crippen molar-refractivity contribution in [2.75, 3.05) is 23.5 Å². The fourth-order valence-electron chi connectivity index (χ4n) is 2.87. The second kappa shape index (κ2) is 6.58. The molecule has 122 valence electrons. The van der Waals surface area contributed by atoms with Crippen molar-refractivity contribution < 1.29 is 15.1 Å². The molecule has 1 heterocycles. The second-order valence-electron chi connectivity index (χ2n) is 6.13. The number of hydrogen-bond acceptors (Lipinski definition) is 5. The van der Waals surface area contributed by atoms with Crippen LogP contribution < -0.4 is 10.4 Å². The van der Waals surface area contributed by atoms with Crippen LogP contribution in [0.5, 0.6) is 0 Å². The molecule has 3 rings (SSSR count). The maximum Gasteiger partial charge on any atom is 0.186 e. The molecular weight excluding hydrogens is 292 g/mol. The van der Waals surface area contributed by atoms with Gasteiger partial charge in [0.15, 0.2) is 5.79 Å². The number of ether oxygens (including phenoxy) is 1. The summed E-state index contributed by atoms with van der Waals surface area (Å²) in [5, 5.41) is 25.2. The van der Waals surface area contributed by atoms with Crippen LogP contribution in [0.2, 0.25) is 0 Å². The predicted molar refractivity (Wildman–Crippen MR) is 90.0 cm³/mol. The second-order valence-corrected chi connectivity index (χ2v) is 6.13. The zero-order chi connectivity index (χ0) is 16.3. The molecule has 1 saturated heterocycles. The number of rotatable bonds is 5. The van der Waals surface area contributed by atoms with E-state index in [1.807, 2.05) is 55.5 Å². The number of para-hydroxylation sites is 3. The van der Waals surface area contributed by atoms with Gasteiger partial charge in [-0.05, 0) is 30.2 Å². The molecule has 2 aromatic rings.